The number of hydrogen-bond donors (Lipinski definition) is 1. The van der Waals surface area contributed by atoms with Gasteiger partial charge in [0.15, 0.2) is 9.84 Å². The Morgan fingerprint density at radius 3 is 2.57 bits per heavy atom. The number of nitrogen functional groups attached to an aromatic ring is 1. The van der Waals surface area contributed by atoms with Gasteiger partial charge in [-0.05, 0) is 18.2 Å². The molecular weight excluding hydrogens is 307 g/mol. The molecule has 0 unspecified atom stereocenters. The molecule has 2 aromatic rings. The van der Waals surface area contributed by atoms with Gasteiger partial charge in [0.1, 0.15) is 0 Å². The summed E-state index contributed by atoms with van der Waals surface area (Å²) in [6, 6.07) is 3.07. The van der Waals surface area contributed by atoms with E-state index in [-0.39, 0.29) is 29.5 Å². The molecule has 0 amide bonds. The smallest absolute Gasteiger partial charge is 0.369 e. The lowest BCUT2D eigenvalue weighted by atomic mass is 10.2. The van der Waals surface area contributed by atoms with Gasteiger partial charge in [0.05, 0.1) is 22.3 Å². The maximum atomic E-state index is 12.6. The number of aryl methyl sites for hydroxylation is 1. The fourth-order valence-electron chi connectivity index (χ4n) is 1.93. The summed E-state index contributed by atoms with van der Waals surface area (Å²) >= 11 is 0. The molecule has 0 aliphatic carbocycles. The third-order valence-electron chi connectivity index (χ3n) is 3.17. The van der Waals surface area contributed by atoms with Crippen LogP contribution in [0.2, 0.25) is 0 Å². The molecule has 1 heterocycles. The van der Waals surface area contributed by atoms with Gasteiger partial charge in [0, 0.05) is 12.3 Å². The standard InChI is InChI=1S/C12H14F3N3O2S/c1-2-21(19,20)6-5-18-10-4-3-8(12(13,14)15)7-9(10)17-11(18)16/h3-4,7H,2,5-6H2,1H3,(H2,16,17). The van der Waals surface area contributed by atoms with E-state index < -0.39 is 21.6 Å². The van der Waals surface area contributed by atoms with Crippen molar-refractivity contribution in [1.82, 2.24) is 9.55 Å². The highest BCUT2D eigenvalue weighted by Gasteiger charge is 2.31. The highest BCUT2D eigenvalue weighted by atomic mass is 32.2. The number of nitrogens with two attached hydrogens (primary N) is 1. The van der Waals surface area contributed by atoms with E-state index in [2.05, 4.69) is 4.98 Å². The van der Waals surface area contributed by atoms with Gasteiger partial charge in [-0.1, -0.05) is 6.92 Å². The predicted octanol–water partition coefficient (Wildman–Crippen LogP) is 2.07. The predicted molar refractivity (Wildman–Crippen MR) is 73.5 cm³/mol. The maximum absolute atomic E-state index is 12.6. The van der Waals surface area contributed by atoms with Gasteiger partial charge in [0.2, 0.25) is 5.95 Å². The van der Waals surface area contributed by atoms with Crippen molar-refractivity contribution in [2.45, 2.75) is 19.6 Å². The first-order valence-electron chi connectivity index (χ1n) is 6.17. The molecule has 0 radical (unpaired) electrons. The van der Waals surface area contributed by atoms with Gasteiger partial charge in [-0.3, -0.25) is 0 Å². The molecule has 0 saturated heterocycles. The van der Waals surface area contributed by atoms with E-state index in [1.807, 2.05) is 0 Å². The second-order valence-corrected chi connectivity index (χ2v) is 7.03. The van der Waals surface area contributed by atoms with Gasteiger partial charge in [0.25, 0.3) is 0 Å². The molecule has 2 N–H and O–H groups in total. The highest BCUT2D eigenvalue weighted by molar-refractivity contribution is 7.91. The number of aromatic nitrogens is 2. The third-order valence-corrected chi connectivity index (χ3v) is 4.86. The van der Waals surface area contributed by atoms with Gasteiger partial charge in [-0.15, -0.1) is 0 Å². The van der Waals surface area contributed by atoms with E-state index in [0.29, 0.717) is 5.52 Å². The molecule has 0 saturated carbocycles. The van der Waals surface area contributed by atoms with Crippen LogP contribution < -0.4 is 5.73 Å². The number of alkyl halides is 3. The molecule has 0 bridgehead atoms. The minimum atomic E-state index is -4.46. The number of hydrogen-bond acceptors (Lipinski definition) is 4. The number of nitrogens with zero attached hydrogens (tertiary/aromatic N) is 2. The summed E-state index contributed by atoms with van der Waals surface area (Å²) in [6.45, 7) is 1.59. The highest BCUT2D eigenvalue weighted by Crippen LogP contribution is 2.31. The average Bonchev–Trinajstić information content (AvgIpc) is 2.70. The van der Waals surface area contributed by atoms with E-state index in [1.165, 1.54) is 17.6 Å². The Balaban J connectivity index is 2.40. The Labute approximate surface area is 119 Å². The van der Waals surface area contributed by atoms with Crippen molar-refractivity contribution >= 4 is 26.8 Å². The minimum absolute atomic E-state index is 0.00223. The Morgan fingerprint density at radius 1 is 1.33 bits per heavy atom. The van der Waals surface area contributed by atoms with E-state index in [4.69, 9.17) is 5.73 Å². The largest absolute Gasteiger partial charge is 0.416 e. The van der Waals surface area contributed by atoms with Crippen LogP contribution in [-0.2, 0) is 22.6 Å². The van der Waals surface area contributed by atoms with Crippen molar-refractivity contribution in [2.24, 2.45) is 0 Å². The summed E-state index contributed by atoms with van der Waals surface area (Å²) in [7, 11) is -3.20. The zero-order valence-electron chi connectivity index (χ0n) is 11.2. The lowest BCUT2D eigenvalue weighted by Crippen LogP contribution is -2.15. The molecule has 0 aliphatic heterocycles. The summed E-state index contributed by atoms with van der Waals surface area (Å²) < 4.78 is 62.3. The second-order valence-electron chi connectivity index (χ2n) is 4.56. The monoisotopic (exact) mass is 321 g/mol. The lowest BCUT2D eigenvalue weighted by molar-refractivity contribution is -0.137. The second kappa shape index (κ2) is 5.21. The molecule has 0 atom stereocenters. The number of rotatable bonds is 4. The van der Waals surface area contributed by atoms with Crippen molar-refractivity contribution < 1.29 is 21.6 Å². The molecule has 5 nitrogen and oxygen atoms in total. The number of sulfone groups is 1. The minimum Gasteiger partial charge on any atom is -0.369 e. The Morgan fingerprint density at radius 2 is 2.00 bits per heavy atom. The zero-order valence-corrected chi connectivity index (χ0v) is 12.0. The number of imidazole rings is 1. The molecular formula is C12H14F3N3O2S. The maximum Gasteiger partial charge on any atom is 0.416 e. The third kappa shape index (κ3) is 3.29. The summed E-state index contributed by atoms with van der Waals surface area (Å²) in [5.74, 6) is -0.145. The normalized spacial score (nSPS) is 13.0. The quantitative estimate of drug-likeness (QED) is 0.935. The lowest BCUT2D eigenvalue weighted by Gasteiger charge is -2.08. The van der Waals surface area contributed by atoms with Crippen LogP contribution in [0.5, 0.6) is 0 Å². The molecule has 0 aliphatic rings. The fourth-order valence-corrected chi connectivity index (χ4v) is 2.68. The van der Waals surface area contributed by atoms with Crippen LogP contribution in [-0.4, -0.2) is 29.5 Å². The first kappa shape index (κ1) is 15.6. The molecule has 1 aromatic carbocycles. The van der Waals surface area contributed by atoms with Crippen molar-refractivity contribution in [3.05, 3.63) is 23.8 Å². The zero-order chi connectivity index (χ0) is 15.8. The number of fused-ring (bicyclic) bond motifs is 1. The molecule has 21 heavy (non-hydrogen) atoms. The topological polar surface area (TPSA) is 78.0 Å². The Hall–Kier alpha value is -1.77. The first-order chi connectivity index (χ1) is 9.64. The van der Waals surface area contributed by atoms with E-state index in [9.17, 15) is 21.6 Å². The van der Waals surface area contributed by atoms with Gasteiger partial charge >= 0.3 is 6.18 Å². The van der Waals surface area contributed by atoms with Gasteiger partial charge in [-0.2, -0.15) is 13.2 Å². The van der Waals surface area contributed by atoms with Crippen molar-refractivity contribution in [3.63, 3.8) is 0 Å². The fraction of sp³-hybridized carbons (Fsp3) is 0.417. The van der Waals surface area contributed by atoms with Crippen molar-refractivity contribution in [2.75, 3.05) is 17.2 Å². The van der Waals surface area contributed by atoms with Crippen LogP contribution in [0.4, 0.5) is 19.1 Å². The van der Waals surface area contributed by atoms with Gasteiger partial charge < -0.3 is 10.3 Å². The van der Waals surface area contributed by atoms with Crippen molar-refractivity contribution in [3.8, 4) is 0 Å². The van der Waals surface area contributed by atoms with Gasteiger partial charge in [-0.25, -0.2) is 13.4 Å². The molecule has 116 valence electrons. The van der Waals surface area contributed by atoms with E-state index in [0.717, 1.165) is 12.1 Å². The molecule has 1 aromatic heterocycles. The number of anilines is 1. The Kier molecular flexibility index (Phi) is 3.87. The summed E-state index contributed by atoms with van der Waals surface area (Å²) in [6.07, 6.45) is -4.46. The van der Waals surface area contributed by atoms with E-state index >= 15 is 0 Å². The summed E-state index contributed by atoms with van der Waals surface area (Å²) in [5.41, 5.74) is 5.32. The van der Waals surface area contributed by atoms with Crippen LogP contribution in [0.1, 0.15) is 12.5 Å². The van der Waals surface area contributed by atoms with E-state index in [1.54, 1.807) is 0 Å². The molecule has 2 rings (SSSR count). The summed E-state index contributed by atoms with van der Waals surface area (Å²) in [5, 5.41) is 0. The molecule has 0 fully saturated rings. The average molecular weight is 321 g/mol. The van der Waals surface area contributed by atoms with Crippen LogP contribution in [0.3, 0.4) is 0 Å². The number of halogens is 3. The molecule has 0 spiro atoms. The summed E-state index contributed by atoms with van der Waals surface area (Å²) in [4.78, 5) is 3.86. The van der Waals surface area contributed by atoms with Crippen LogP contribution >= 0.6 is 0 Å². The SMILES string of the molecule is CCS(=O)(=O)CCn1c(N)nc2cc(C(F)(F)F)ccc21. The number of benzene rings is 1. The first-order valence-corrected chi connectivity index (χ1v) is 7.99. The van der Waals surface area contributed by atoms with Crippen LogP contribution in [0.25, 0.3) is 11.0 Å². The molecule has 9 heteroatoms. The van der Waals surface area contributed by atoms with Crippen LogP contribution in [0.15, 0.2) is 18.2 Å². The Bertz CT molecular complexity index is 766. The van der Waals surface area contributed by atoms with Crippen LogP contribution in [0, 0.1) is 0 Å². The van der Waals surface area contributed by atoms with Crippen molar-refractivity contribution in [1.29, 1.82) is 0 Å².